The number of nitrogens with one attached hydrogen (secondary N) is 1. The number of halogens is 3. The van der Waals surface area contributed by atoms with Crippen molar-refractivity contribution in [2.24, 2.45) is 0 Å². The molecule has 1 unspecified atom stereocenters. The summed E-state index contributed by atoms with van der Waals surface area (Å²) in [7, 11) is 0. The molecule has 112 valence electrons. The lowest BCUT2D eigenvalue weighted by Crippen LogP contribution is -2.23. The third-order valence-electron chi connectivity index (χ3n) is 3.46. The molecule has 4 heteroatoms. The Morgan fingerprint density at radius 1 is 1.19 bits per heavy atom. The average molecular weight is 371 g/mol. The summed E-state index contributed by atoms with van der Waals surface area (Å²) in [6.45, 7) is 3.79. The van der Waals surface area contributed by atoms with Crippen LogP contribution in [0.4, 0.5) is 4.39 Å². The van der Waals surface area contributed by atoms with Crippen LogP contribution in [0.15, 0.2) is 46.9 Å². The summed E-state index contributed by atoms with van der Waals surface area (Å²) in [6.07, 6.45) is 0.650. The zero-order chi connectivity index (χ0) is 15.2. The van der Waals surface area contributed by atoms with Crippen LogP contribution >= 0.6 is 27.5 Å². The molecule has 0 aromatic heterocycles. The molecule has 0 saturated carbocycles. The summed E-state index contributed by atoms with van der Waals surface area (Å²) in [5.74, 6) is -0.00478. The van der Waals surface area contributed by atoms with Crippen LogP contribution in [0.5, 0.6) is 0 Å². The van der Waals surface area contributed by atoms with Crippen LogP contribution in [0.3, 0.4) is 0 Å². The lowest BCUT2D eigenvalue weighted by molar-refractivity contribution is 0.562. The lowest BCUT2D eigenvalue weighted by Gasteiger charge is -2.18. The van der Waals surface area contributed by atoms with Crippen LogP contribution in [-0.2, 0) is 6.42 Å². The molecule has 0 bridgehead atoms. The smallest absolute Gasteiger partial charge is 0.127 e. The summed E-state index contributed by atoms with van der Waals surface area (Å²) in [6, 6.07) is 13.1. The van der Waals surface area contributed by atoms with Gasteiger partial charge in [-0.2, -0.15) is 0 Å². The molecular weight excluding hydrogens is 353 g/mol. The highest BCUT2D eigenvalue weighted by molar-refractivity contribution is 9.10. The van der Waals surface area contributed by atoms with Gasteiger partial charge in [0.2, 0.25) is 0 Å². The van der Waals surface area contributed by atoms with Gasteiger partial charge in [0.25, 0.3) is 0 Å². The van der Waals surface area contributed by atoms with Gasteiger partial charge in [-0.05, 0) is 48.4 Å². The Bertz CT molecular complexity index is 586. The molecule has 0 aliphatic heterocycles. The van der Waals surface area contributed by atoms with E-state index in [9.17, 15) is 4.39 Å². The highest BCUT2D eigenvalue weighted by atomic mass is 79.9. The number of hydrogen-bond acceptors (Lipinski definition) is 1. The molecule has 1 nitrogen and oxygen atoms in total. The summed E-state index contributed by atoms with van der Waals surface area (Å²) in [4.78, 5) is 0. The topological polar surface area (TPSA) is 12.0 Å². The SMILES string of the molecule is CCNCC(Cc1ccc(Cl)cc1F)c1ccc(Br)cc1. The summed E-state index contributed by atoms with van der Waals surface area (Å²) < 4.78 is 15.0. The fourth-order valence-electron chi connectivity index (χ4n) is 2.31. The maximum atomic E-state index is 14.0. The minimum absolute atomic E-state index is 0.230. The molecule has 1 N–H and O–H groups in total. The first-order valence-corrected chi connectivity index (χ1v) is 8.17. The van der Waals surface area contributed by atoms with Crippen molar-refractivity contribution in [2.45, 2.75) is 19.3 Å². The molecule has 0 radical (unpaired) electrons. The van der Waals surface area contributed by atoms with Gasteiger partial charge in [-0.3, -0.25) is 0 Å². The first-order chi connectivity index (χ1) is 10.1. The van der Waals surface area contributed by atoms with Gasteiger partial charge in [-0.15, -0.1) is 0 Å². The van der Waals surface area contributed by atoms with Gasteiger partial charge in [0.05, 0.1) is 0 Å². The number of benzene rings is 2. The van der Waals surface area contributed by atoms with Crippen LogP contribution in [0, 0.1) is 5.82 Å². The van der Waals surface area contributed by atoms with E-state index in [4.69, 9.17) is 11.6 Å². The average Bonchev–Trinajstić information content (AvgIpc) is 2.46. The van der Waals surface area contributed by atoms with Gasteiger partial charge in [-0.1, -0.05) is 52.7 Å². The zero-order valence-corrected chi connectivity index (χ0v) is 14.2. The highest BCUT2D eigenvalue weighted by Crippen LogP contribution is 2.25. The third-order valence-corrected chi connectivity index (χ3v) is 4.23. The first kappa shape index (κ1) is 16.5. The number of rotatable bonds is 6. The van der Waals surface area contributed by atoms with E-state index >= 15 is 0 Å². The minimum Gasteiger partial charge on any atom is -0.316 e. The first-order valence-electron chi connectivity index (χ1n) is 7.00. The zero-order valence-electron chi connectivity index (χ0n) is 11.9. The van der Waals surface area contributed by atoms with E-state index < -0.39 is 0 Å². The Labute approximate surface area is 138 Å². The second-order valence-electron chi connectivity index (χ2n) is 5.00. The van der Waals surface area contributed by atoms with E-state index in [-0.39, 0.29) is 11.7 Å². The Hall–Kier alpha value is -0.900. The molecule has 0 aliphatic rings. The van der Waals surface area contributed by atoms with Crippen molar-refractivity contribution >= 4 is 27.5 Å². The number of likely N-dealkylation sites (N-methyl/N-ethyl adjacent to an activating group) is 1. The van der Waals surface area contributed by atoms with Gasteiger partial charge in [0.15, 0.2) is 0 Å². The lowest BCUT2D eigenvalue weighted by atomic mass is 9.91. The van der Waals surface area contributed by atoms with Crippen molar-refractivity contribution < 1.29 is 4.39 Å². The Balaban J connectivity index is 2.21. The second-order valence-corrected chi connectivity index (χ2v) is 6.35. The van der Waals surface area contributed by atoms with Gasteiger partial charge in [0.1, 0.15) is 5.82 Å². The fraction of sp³-hybridized carbons (Fsp3) is 0.294. The molecule has 0 aliphatic carbocycles. The largest absolute Gasteiger partial charge is 0.316 e. The molecule has 0 heterocycles. The van der Waals surface area contributed by atoms with E-state index in [2.05, 4.69) is 40.3 Å². The molecule has 2 rings (SSSR count). The Morgan fingerprint density at radius 3 is 2.52 bits per heavy atom. The molecule has 2 aromatic carbocycles. The second kappa shape index (κ2) is 7.92. The van der Waals surface area contributed by atoms with E-state index in [1.807, 2.05) is 12.1 Å². The number of hydrogen-bond donors (Lipinski definition) is 1. The van der Waals surface area contributed by atoms with Crippen LogP contribution < -0.4 is 5.32 Å². The maximum Gasteiger partial charge on any atom is 0.127 e. The van der Waals surface area contributed by atoms with Gasteiger partial charge in [0, 0.05) is 22.0 Å². The van der Waals surface area contributed by atoms with Crippen molar-refractivity contribution in [1.29, 1.82) is 0 Å². The van der Waals surface area contributed by atoms with E-state index in [0.29, 0.717) is 17.0 Å². The van der Waals surface area contributed by atoms with Crippen LogP contribution in [-0.4, -0.2) is 13.1 Å². The van der Waals surface area contributed by atoms with Crippen molar-refractivity contribution in [3.05, 3.63) is 68.9 Å². The van der Waals surface area contributed by atoms with Crippen LogP contribution in [0.2, 0.25) is 5.02 Å². The van der Waals surface area contributed by atoms with E-state index in [1.165, 1.54) is 11.6 Å². The predicted molar refractivity (Wildman–Crippen MR) is 90.5 cm³/mol. The predicted octanol–water partition coefficient (Wildman–Crippen LogP) is 5.18. The molecule has 21 heavy (non-hydrogen) atoms. The van der Waals surface area contributed by atoms with Crippen molar-refractivity contribution in [3.8, 4) is 0 Å². The van der Waals surface area contributed by atoms with Crippen molar-refractivity contribution in [3.63, 3.8) is 0 Å². The highest BCUT2D eigenvalue weighted by Gasteiger charge is 2.14. The standard InChI is InChI=1S/C17H18BrClFN/c1-2-21-11-14(12-3-6-15(18)7-4-12)9-13-5-8-16(19)10-17(13)20/h3-8,10,14,21H,2,9,11H2,1H3. The molecule has 0 spiro atoms. The molecule has 0 amide bonds. The van der Waals surface area contributed by atoms with Crippen LogP contribution in [0.1, 0.15) is 24.0 Å². The molecule has 0 fully saturated rings. The Kier molecular flexibility index (Phi) is 6.22. The summed E-state index contributed by atoms with van der Waals surface area (Å²) in [5, 5.41) is 3.79. The Morgan fingerprint density at radius 2 is 1.90 bits per heavy atom. The van der Waals surface area contributed by atoms with Crippen LogP contribution in [0.25, 0.3) is 0 Å². The quantitative estimate of drug-likeness (QED) is 0.739. The van der Waals surface area contributed by atoms with Gasteiger partial charge in [-0.25, -0.2) is 4.39 Å². The minimum atomic E-state index is -0.235. The van der Waals surface area contributed by atoms with Crippen molar-refractivity contribution in [1.82, 2.24) is 5.32 Å². The normalized spacial score (nSPS) is 12.4. The molecular formula is C17H18BrClFN. The summed E-state index contributed by atoms with van der Waals surface area (Å²) in [5.41, 5.74) is 1.90. The van der Waals surface area contributed by atoms with Gasteiger partial charge < -0.3 is 5.32 Å². The maximum absolute atomic E-state index is 14.0. The molecule has 2 aromatic rings. The van der Waals surface area contributed by atoms with Crippen molar-refractivity contribution in [2.75, 3.05) is 13.1 Å². The van der Waals surface area contributed by atoms with E-state index in [0.717, 1.165) is 17.6 Å². The molecule has 1 atom stereocenters. The fourth-order valence-corrected chi connectivity index (χ4v) is 2.74. The van der Waals surface area contributed by atoms with E-state index in [1.54, 1.807) is 12.1 Å². The molecule has 0 saturated heterocycles. The van der Waals surface area contributed by atoms with Gasteiger partial charge >= 0.3 is 0 Å². The summed E-state index contributed by atoms with van der Waals surface area (Å²) >= 11 is 9.26. The third kappa shape index (κ3) is 4.80. The monoisotopic (exact) mass is 369 g/mol.